The summed E-state index contributed by atoms with van der Waals surface area (Å²) < 4.78 is 0. The number of piperidine rings is 1. The molecule has 2 atom stereocenters. The van der Waals surface area contributed by atoms with Gasteiger partial charge in [-0.15, -0.1) is 0 Å². The maximum absolute atomic E-state index is 12.1. The normalized spacial score (nSPS) is 18.8. The summed E-state index contributed by atoms with van der Waals surface area (Å²) in [5, 5.41) is 18.9. The van der Waals surface area contributed by atoms with Crippen LogP contribution in [0.1, 0.15) is 43.7 Å². The number of aryl methyl sites for hydroxylation is 1. The lowest BCUT2D eigenvalue weighted by Gasteiger charge is -2.40. The van der Waals surface area contributed by atoms with E-state index in [9.17, 15) is 9.90 Å². The maximum atomic E-state index is 12.1. The third-order valence-electron chi connectivity index (χ3n) is 6.04. The monoisotopic (exact) mass is 414 g/mol. The van der Waals surface area contributed by atoms with E-state index in [1.807, 2.05) is 18.2 Å². The highest BCUT2D eigenvalue weighted by Crippen LogP contribution is 2.44. The number of hydrogen-bond donors (Lipinski definition) is 3. The van der Waals surface area contributed by atoms with Crippen molar-refractivity contribution in [3.8, 4) is 11.1 Å². The Morgan fingerprint density at radius 3 is 2.86 bits per heavy atom. The standard InChI is InChI=1S/C24H31ClN2O2/c1-2-18-7-3-8-19(15-18)23-21(10-4-11-22(23)25)24(29,12-6-14-27-17-28)20-9-5-13-26-16-20/h3-4,7-8,10-11,15,17,20,26,29H,2,5-6,9,12-14,16H2,1H3,(H,27,28)/t20?,24-/m0/s1. The molecule has 2 aromatic rings. The third-order valence-corrected chi connectivity index (χ3v) is 6.35. The number of hydrogen-bond acceptors (Lipinski definition) is 3. The van der Waals surface area contributed by atoms with Gasteiger partial charge >= 0.3 is 0 Å². The molecule has 2 aromatic carbocycles. The number of halogens is 1. The summed E-state index contributed by atoms with van der Waals surface area (Å²) in [5.41, 5.74) is 3.07. The van der Waals surface area contributed by atoms with Gasteiger partial charge in [0.25, 0.3) is 0 Å². The molecule has 1 aliphatic heterocycles. The molecule has 0 aromatic heterocycles. The van der Waals surface area contributed by atoms with Crippen LogP contribution in [0, 0.1) is 5.92 Å². The molecule has 1 heterocycles. The Balaban J connectivity index is 2.07. The number of nitrogens with one attached hydrogen (secondary N) is 2. The summed E-state index contributed by atoms with van der Waals surface area (Å²) in [4.78, 5) is 10.6. The first kappa shape index (κ1) is 21.8. The van der Waals surface area contributed by atoms with Crippen LogP contribution in [-0.4, -0.2) is 31.2 Å². The Hall–Kier alpha value is -1.88. The Bertz CT molecular complexity index is 820. The van der Waals surface area contributed by atoms with Crippen LogP contribution >= 0.6 is 11.6 Å². The molecule has 1 saturated heterocycles. The van der Waals surface area contributed by atoms with Gasteiger partial charge in [0, 0.05) is 29.6 Å². The van der Waals surface area contributed by atoms with Gasteiger partial charge in [0.15, 0.2) is 0 Å². The molecular formula is C24H31ClN2O2. The van der Waals surface area contributed by atoms with E-state index in [2.05, 4.69) is 41.8 Å². The largest absolute Gasteiger partial charge is 0.385 e. The Morgan fingerprint density at radius 2 is 2.14 bits per heavy atom. The molecule has 3 N–H and O–H groups in total. The Morgan fingerprint density at radius 1 is 1.31 bits per heavy atom. The molecule has 0 bridgehead atoms. The minimum absolute atomic E-state index is 0.0963. The second kappa shape index (κ2) is 10.2. The number of carbonyl (C=O) groups is 1. The zero-order valence-corrected chi connectivity index (χ0v) is 17.8. The highest BCUT2D eigenvalue weighted by Gasteiger charge is 2.40. The number of amides is 1. The van der Waals surface area contributed by atoms with Gasteiger partial charge in [0.05, 0.1) is 5.60 Å². The molecule has 1 aliphatic rings. The third kappa shape index (κ3) is 5.00. The first-order valence-corrected chi connectivity index (χ1v) is 11.0. The molecule has 0 radical (unpaired) electrons. The molecular weight excluding hydrogens is 384 g/mol. The second-order valence-corrected chi connectivity index (χ2v) is 8.27. The molecule has 156 valence electrons. The molecule has 0 saturated carbocycles. The molecule has 29 heavy (non-hydrogen) atoms. The number of rotatable bonds is 9. The van der Waals surface area contributed by atoms with Crippen molar-refractivity contribution in [2.75, 3.05) is 19.6 Å². The summed E-state index contributed by atoms with van der Waals surface area (Å²) in [7, 11) is 0. The first-order valence-electron chi connectivity index (χ1n) is 10.6. The highest BCUT2D eigenvalue weighted by molar-refractivity contribution is 6.33. The minimum Gasteiger partial charge on any atom is -0.385 e. The average molecular weight is 415 g/mol. The average Bonchev–Trinajstić information content (AvgIpc) is 2.77. The van der Waals surface area contributed by atoms with Crippen molar-refractivity contribution in [3.63, 3.8) is 0 Å². The lowest BCUT2D eigenvalue weighted by atomic mass is 9.72. The fourth-order valence-corrected chi connectivity index (χ4v) is 4.75. The van der Waals surface area contributed by atoms with E-state index < -0.39 is 5.60 Å². The van der Waals surface area contributed by atoms with Crippen molar-refractivity contribution in [1.29, 1.82) is 0 Å². The van der Waals surface area contributed by atoms with Gasteiger partial charge in [-0.3, -0.25) is 4.79 Å². The molecule has 5 heteroatoms. The van der Waals surface area contributed by atoms with E-state index in [1.54, 1.807) is 0 Å². The Labute approximate surface area is 178 Å². The predicted molar refractivity (Wildman–Crippen MR) is 119 cm³/mol. The molecule has 3 rings (SSSR count). The zero-order chi connectivity index (χ0) is 20.7. The summed E-state index contributed by atoms with van der Waals surface area (Å²) in [5.74, 6) is 0.0963. The number of benzene rings is 2. The number of carbonyl (C=O) groups excluding carboxylic acids is 1. The Kier molecular flexibility index (Phi) is 7.70. The molecule has 0 aliphatic carbocycles. The highest BCUT2D eigenvalue weighted by atomic mass is 35.5. The van der Waals surface area contributed by atoms with Gasteiger partial charge in [0.2, 0.25) is 6.41 Å². The van der Waals surface area contributed by atoms with Crippen molar-refractivity contribution in [1.82, 2.24) is 10.6 Å². The van der Waals surface area contributed by atoms with Gasteiger partial charge in [-0.05, 0) is 61.4 Å². The summed E-state index contributed by atoms with van der Waals surface area (Å²) >= 11 is 6.70. The van der Waals surface area contributed by atoms with E-state index in [0.717, 1.165) is 49.0 Å². The SMILES string of the molecule is CCc1cccc(-c2c(Cl)cccc2[C@](O)(CCCNC=O)C2CCCNC2)c1. The van der Waals surface area contributed by atoms with Crippen LogP contribution in [0.2, 0.25) is 5.02 Å². The quantitative estimate of drug-likeness (QED) is 0.424. The van der Waals surface area contributed by atoms with E-state index in [4.69, 9.17) is 11.6 Å². The smallest absolute Gasteiger partial charge is 0.207 e. The van der Waals surface area contributed by atoms with Crippen molar-refractivity contribution in [2.24, 2.45) is 5.92 Å². The lowest BCUT2D eigenvalue weighted by Crippen LogP contribution is -2.45. The second-order valence-electron chi connectivity index (χ2n) is 7.86. The summed E-state index contributed by atoms with van der Waals surface area (Å²) in [6, 6.07) is 14.2. The fraction of sp³-hybridized carbons (Fsp3) is 0.458. The van der Waals surface area contributed by atoms with Crippen LogP contribution in [0.15, 0.2) is 42.5 Å². The van der Waals surface area contributed by atoms with E-state index in [0.29, 0.717) is 30.8 Å². The van der Waals surface area contributed by atoms with Gasteiger partial charge < -0.3 is 15.7 Å². The van der Waals surface area contributed by atoms with E-state index in [-0.39, 0.29) is 5.92 Å². The zero-order valence-electron chi connectivity index (χ0n) is 17.1. The van der Waals surface area contributed by atoms with Crippen LogP contribution in [-0.2, 0) is 16.8 Å². The van der Waals surface area contributed by atoms with Crippen LogP contribution in [0.3, 0.4) is 0 Å². The van der Waals surface area contributed by atoms with Crippen LogP contribution in [0.5, 0.6) is 0 Å². The van der Waals surface area contributed by atoms with Crippen LogP contribution in [0.4, 0.5) is 0 Å². The van der Waals surface area contributed by atoms with Crippen molar-refractivity contribution in [3.05, 3.63) is 58.6 Å². The van der Waals surface area contributed by atoms with E-state index in [1.165, 1.54) is 5.56 Å². The molecule has 1 unspecified atom stereocenters. The first-order chi connectivity index (χ1) is 14.1. The van der Waals surface area contributed by atoms with Gasteiger partial charge in [-0.25, -0.2) is 0 Å². The van der Waals surface area contributed by atoms with Gasteiger partial charge in [-0.1, -0.05) is 54.9 Å². The van der Waals surface area contributed by atoms with Crippen LogP contribution < -0.4 is 10.6 Å². The van der Waals surface area contributed by atoms with E-state index >= 15 is 0 Å². The van der Waals surface area contributed by atoms with Crippen molar-refractivity contribution < 1.29 is 9.90 Å². The lowest BCUT2D eigenvalue weighted by molar-refractivity contribution is -0.109. The van der Waals surface area contributed by atoms with Gasteiger partial charge in [-0.2, -0.15) is 0 Å². The fourth-order valence-electron chi connectivity index (χ4n) is 4.46. The maximum Gasteiger partial charge on any atom is 0.207 e. The predicted octanol–water partition coefficient (Wildman–Crippen LogP) is 4.28. The topological polar surface area (TPSA) is 61.4 Å². The van der Waals surface area contributed by atoms with Gasteiger partial charge in [0.1, 0.15) is 0 Å². The van der Waals surface area contributed by atoms with Crippen molar-refractivity contribution >= 4 is 18.0 Å². The number of aliphatic hydroxyl groups is 1. The summed E-state index contributed by atoms with van der Waals surface area (Å²) in [6.45, 7) is 4.45. The minimum atomic E-state index is -1.01. The molecule has 1 amide bonds. The molecule has 4 nitrogen and oxygen atoms in total. The van der Waals surface area contributed by atoms with Crippen molar-refractivity contribution in [2.45, 2.75) is 44.6 Å². The molecule has 1 fully saturated rings. The molecule has 0 spiro atoms. The summed E-state index contributed by atoms with van der Waals surface area (Å²) in [6.07, 6.45) is 4.93. The van der Waals surface area contributed by atoms with Crippen LogP contribution in [0.25, 0.3) is 11.1 Å².